The van der Waals surface area contributed by atoms with Crippen LogP contribution in [0.3, 0.4) is 0 Å². The van der Waals surface area contributed by atoms with Crippen molar-refractivity contribution in [3.05, 3.63) is 35.4 Å². The minimum absolute atomic E-state index is 0.0497. The van der Waals surface area contributed by atoms with Crippen molar-refractivity contribution in [3.8, 4) is 0 Å². The van der Waals surface area contributed by atoms with E-state index >= 15 is 0 Å². The third kappa shape index (κ3) is 3.97. The third-order valence-electron chi connectivity index (χ3n) is 5.21. The monoisotopic (exact) mass is 368 g/mol. The van der Waals surface area contributed by atoms with E-state index in [-0.39, 0.29) is 17.2 Å². The van der Waals surface area contributed by atoms with Crippen LogP contribution < -0.4 is 0 Å². The number of rotatable bonds is 4. The minimum Gasteiger partial charge on any atom is -0.342 e. The second-order valence-electron chi connectivity index (χ2n) is 6.99. The number of hydrogen-bond donors (Lipinski definition) is 0. The van der Waals surface area contributed by atoms with Gasteiger partial charge in [0.25, 0.3) is 0 Å². The molecule has 7 heteroatoms. The summed E-state index contributed by atoms with van der Waals surface area (Å²) in [5.74, 6) is -1.07. The summed E-state index contributed by atoms with van der Waals surface area (Å²) in [7, 11) is 0. The highest BCUT2D eigenvalue weighted by molar-refractivity contribution is 7.99. The molecule has 0 saturated carbocycles. The molecular weight excluding hydrogens is 346 g/mol. The highest BCUT2D eigenvalue weighted by atomic mass is 32.2. The van der Waals surface area contributed by atoms with E-state index in [1.165, 1.54) is 17.8 Å². The number of hydrogen-bond acceptors (Lipinski definition) is 3. The number of carbonyl (C=O) groups is 2. The quantitative estimate of drug-likeness (QED) is 0.820. The lowest BCUT2D eigenvalue weighted by atomic mass is 9.77. The number of piperidine rings is 1. The lowest BCUT2D eigenvalue weighted by molar-refractivity contribution is -0.130. The van der Waals surface area contributed by atoms with Gasteiger partial charge in [0.2, 0.25) is 11.8 Å². The molecule has 0 aliphatic carbocycles. The van der Waals surface area contributed by atoms with Crippen molar-refractivity contribution in [1.82, 2.24) is 9.80 Å². The Morgan fingerprint density at radius 1 is 1.24 bits per heavy atom. The van der Waals surface area contributed by atoms with Gasteiger partial charge in [-0.25, -0.2) is 8.78 Å². The Bertz CT molecular complexity index is 675. The lowest BCUT2D eigenvalue weighted by Crippen LogP contribution is -2.44. The number of amides is 2. The smallest absolute Gasteiger partial charge is 0.232 e. The molecule has 1 spiro atoms. The van der Waals surface area contributed by atoms with Gasteiger partial charge in [-0.2, -0.15) is 11.8 Å². The van der Waals surface area contributed by atoms with E-state index in [1.54, 1.807) is 4.90 Å². The summed E-state index contributed by atoms with van der Waals surface area (Å²) in [6.45, 7) is 2.29. The molecule has 25 heavy (non-hydrogen) atoms. The van der Waals surface area contributed by atoms with Gasteiger partial charge in [0.05, 0.1) is 5.75 Å². The van der Waals surface area contributed by atoms with Crippen molar-refractivity contribution in [3.63, 3.8) is 0 Å². The summed E-state index contributed by atoms with van der Waals surface area (Å²) < 4.78 is 26.4. The predicted octanol–water partition coefficient (Wildman–Crippen LogP) is 2.67. The first-order chi connectivity index (χ1) is 11.9. The summed E-state index contributed by atoms with van der Waals surface area (Å²) in [6, 6.07) is 3.76. The highest BCUT2D eigenvalue weighted by Gasteiger charge is 2.45. The topological polar surface area (TPSA) is 40.6 Å². The zero-order valence-corrected chi connectivity index (χ0v) is 15.1. The fourth-order valence-corrected chi connectivity index (χ4v) is 4.19. The van der Waals surface area contributed by atoms with E-state index < -0.39 is 11.6 Å². The second-order valence-corrected chi connectivity index (χ2v) is 7.85. The first kappa shape index (κ1) is 18.2. The molecule has 0 aromatic heterocycles. The number of halogens is 2. The van der Waals surface area contributed by atoms with E-state index in [2.05, 4.69) is 0 Å². The zero-order chi connectivity index (χ0) is 18.0. The standard InChI is InChI=1S/C18H22F2N2O2S/c1-25-11-17(24)21-6-4-18(5-7-21)9-16(23)22(12-18)10-13-2-3-14(19)15(20)8-13/h2-3,8H,4-7,9-12H2,1H3. The van der Waals surface area contributed by atoms with E-state index in [0.717, 1.165) is 25.0 Å². The Hall–Kier alpha value is -1.63. The lowest BCUT2D eigenvalue weighted by Gasteiger charge is -2.38. The van der Waals surface area contributed by atoms with Crippen molar-refractivity contribution in [2.75, 3.05) is 31.6 Å². The van der Waals surface area contributed by atoms with Crippen molar-refractivity contribution in [2.24, 2.45) is 5.41 Å². The fourth-order valence-electron chi connectivity index (χ4n) is 3.76. The summed E-state index contributed by atoms with van der Waals surface area (Å²) >= 11 is 1.52. The average Bonchev–Trinajstić information content (AvgIpc) is 2.87. The van der Waals surface area contributed by atoms with Crippen LogP contribution in [0.2, 0.25) is 0 Å². The summed E-state index contributed by atoms with van der Waals surface area (Å²) in [5, 5.41) is 0. The highest BCUT2D eigenvalue weighted by Crippen LogP contribution is 2.41. The number of thioether (sulfide) groups is 1. The third-order valence-corrected chi connectivity index (χ3v) is 5.74. The van der Waals surface area contributed by atoms with Crippen LogP contribution in [0.4, 0.5) is 8.78 Å². The van der Waals surface area contributed by atoms with Crippen molar-refractivity contribution >= 4 is 23.6 Å². The molecular formula is C18H22F2N2O2S. The molecule has 1 aromatic carbocycles. The van der Waals surface area contributed by atoms with Gasteiger partial charge >= 0.3 is 0 Å². The van der Waals surface area contributed by atoms with Crippen LogP contribution >= 0.6 is 11.8 Å². The van der Waals surface area contributed by atoms with Gasteiger partial charge in [-0.3, -0.25) is 9.59 Å². The molecule has 0 atom stereocenters. The van der Waals surface area contributed by atoms with E-state index in [4.69, 9.17) is 0 Å². The van der Waals surface area contributed by atoms with Crippen LogP contribution in [0.15, 0.2) is 18.2 Å². The molecule has 0 radical (unpaired) electrons. The first-order valence-corrected chi connectivity index (χ1v) is 9.80. The van der Waals surface area contributed by atoms with Gasteiger partial charge in [0, 0.05) is 38.0 Å². The molecule has 2 aliphatic heterocycles. The molecule has 2 heterocycles. The zero-order valence-electron chi connectivity index (χ0n) is 14.3. The molecule has 0 N–H and O–H groups in total. The average molecular weight is 368 g/mol. The number of benzene rings is 1. The number of nitrogens with zero attached hydrogens (tertiary/aromatic N) is 2. The maximum absolute atomic E-state index is 13.4. The number of likely N-dealkylation sites (tertiary alicyclic amines) is 2. The Balaban J connectivity index is 1.61. The Kier molecular flexibility index (Phi) is 5.32. The predicted molar refractivity (Wildman–Crippen MR) is 93.0 cm³/mol. The van der Waals surface area contributed by atoms with Gasteiger partial charge in [0.1, 0.15) is 0 Å². The van der Waals surface area contributed by atoms with Crippen LogP contribution in [-0.4, -0.2) is 53.3 Å². The molecule has 4 nitrogen and oxygen atoms in total. The summed E-state index contributed by atoms with van der Waals surface area (Å²) in [4.78, 5) is 28.0. The van der Waals surface area contributed by atoms with Gasteiger partial charge in [0.15, 0.2) is 11.6 Å². The van der Waals surface area contributed by atoms with Gasteiger partial charge in [-0.05, 0) is 36.8 Å². The molecule has 0 bridgehead atoms. The van der Waals surface area contributed by atoms with E-state index in [1.807, 2.05) is 11.2 Å². The molecule has 2 amide bonds. The maximum Gasteiger partial charge on any atom is 0.232 e. The van der Waals surface area contributed by atoms with E-state index in [0.29, 0.717) is 43.9 Å². The molecule has 0 unspecified atom stereocenters. The molecule has 1 aromatic rings. The van der Waals surface area contributed by atoms with Gasteiger partial charge in [-0.15, -0.1) is 0 Å². The first-order valence-electron chi connectivity index (χ1n) is 8.41. The SMILES string of the molecule is CSCC(=O)N1CCC2(CC1)CC(=O)N(Cc1ccc(F)c(F)c1)C2. The maximum atomic E-state index is 13.4. The van der Waals surface area contributed by atoms with Crippen molar-refractivity contribution in [1.29, 1.82) is 0 Å². The van der Waals surface area contributed by atoms with Gasteiger partial charge in [-0.1, -0.05) is 6.07 Å². The molecule has 136 valence electrons. The van der Waals surface area contributed by atoms with Crippen molar-refractivity contribution in [2.45, 2.75) is 25.8 Å². The fraction of sp³-hybridized carbons (Fsp3) is 0.556. The van der Waals surface area contributed by atoms with Crippen LogP contribution in [0.5, 0.6) is 0 Å². The normalized spacial score (nSPS) is 19.7. The van der Waals surface area contributed by atoms with Crippen LogP contribution in [0.25, 0.3) is 0 Å². The number of carbonyl (C=O) groups excluding carboxylic acids is 2. The molecule has 2 aliphatic rings. The van der Waals surface area contributed by atoms with Crippen LogP contribution in [-0.2, 0) is 16.1 Å². The van der Waals surface area contributed by atoms with Crippen molar-refractivity contribution < 1.29 is 18.4 Å². The van der Waals surface area contributed by atoms with Crippen LogP contribution in [0.1, 0.15) is 24.8 Å². The van der Waals surface area contributed by atoms with Crippen LogP contribution in [0, 0.1) is 17.0 Å². The Labute approximate surface area is 150 Å². The summed E-state index contributed by atoms with van der Waals surface area (Å²) in [5.41, 5.74) is 0.503. The Morgan fingerprint density at radius 3 is 2.60 bits per heavy atom. The largest absolute Gasteiger partial charge is 0.342 e. The van der Waals surface area contributed by atoms with Gasteiger partial charge < -0.3 is 9.80 Å². The summed E-state index contributed by atoms with van der Waals surface area (Å²) in [6.07, 6.45) is 4.01. The molecule has 2 saturated heterocycles. The minimum atomic E-state index is -0.889. The second kappa shape index (κ2) is 7.32. The van der Waals surface area contributed by atoms with E-state index in [9.17, 15) is 18.4 Å². The molecule has 3 rings (SSSR count). The molecule has 2 fully saturated rings. The Morgan fingerprint density at radius 2 is 1.96 bits per heavy atom.